The summed E-state index contributed by atoms with van der Waals surface area (Å²) in [4.78, 5) is 3.94. The number of aliphatic hydroxyl groups is 1. The van der Waals surface area contributed by atoms with Crippen LogP contribution in [0.4, 0.5) is 0 Å². The number of H-pyrrole nitrogens is 1. The van der Waals surface area contributed by atoms with Crippen molar-refractivity contribution < 1.29 is 5.11 Å². The Kier molecular flexibility index (Phi) is 4.39. The van der Waals surface area contributed by atoms with Gasteiger partial charge < -0.3 is 5.11 Å². The molecule has 0 aliphatic rings. The Morgan fingerprint density at radius 1 is 1.47 bits per heavy atom. The van der Waals surface area contributed by atoms with Crippen molar-refractivity contribution in [1.29, 1.82) is 0 Å². The number of benzene rings is 1. The number of nitrogens with zero attached hydrogens (tertiary/aromatic N) is 2. The fraction of sp³-hybridized carbons (Fsp3) is 0.385. The molecule has 0 amide bonds. The first-order valence-electron chi connectivity index (χ1n) is 6.10. The molecule has 102 valence electrons. The molecule has 1 unspecified atom stereocenters. The molecular weight excluding hydrogens is 282 g/mol. The third-order valence-corrected chi connectivity index (χ3v) is 3.90. The van der Waals surface area contributed by atoms with Gasteiger partial charge in [-0.1, -0.05) is 36.7 Å². The number of aromatic amines is 1. The summed E-state index contributed by atoms with van der Waals surface area (Å²) in [6, 6.07) is 7.55. The Morgan fingerprint density at radius 2 is 2.21 bits per heavy atom. The quantitative estimate of drug-likeness (QED) is 0.834. The van der Waals surface area contributed by atoms with Gasteiger partial charge in [0.1, 0.15) is 6.33 Å². The molecule has 2 N–H and O–H groups in total. The van der Waals surface area contributed by atoms with Gasteiger partial charge in [-0.2, -0.15) is 0 Å². The summed E-state index contributed by atoms with van der Waals surface area (Å²) in [5.74, 6) is 0. The predicted octanol–water partition coefficient (Wildman–Crippen LogP) is 2.98. The molecule has 0 aliphatic carbocycles. The van der Waals surface area contributed by atoms with Gasteiger partial charge in [0.15, 0.2) is 0 Å². The number of nitrogens with one attached hydrogen (secondary N) is 1. The number of rotatable bonds is 5. The van der Waals surface area contributed by atoms with Crippen LogP contribution in [-0.4, -0.2) is 25.5 Å². The SMILES string of the molecule is CCC(O)(Cc1ccccc1Cl)Cn1[nH]cnc1=S. The van der Waals surface area contributed by atoms with Crippen LogP contribution >= 0.6 is 23.8 Å². The van der Waals surface area contributed by atoms with Crippen molar-refractivity contribution in [1.82, 2.24) is 14.8 Å². The topological polar surface area (TPSA) is 53.8 Å². The van der Waals surface area contributed by atoms with E-state index in [4.69, 9.17) is 23.8 Å². The zero-order chi connectivity index (χ0) is 13.9. The summed E-state index contributed by atoms with van der Waals surface area (Å²) in [5, 5.41) is 14.3. The average molecular weight is 298 g/mol. The maximum atomic E-state index is 10.7. The fourth-order valence-corrected chi connectivity index (χ4v) is 2.35. The van der Waals surface area contributed by atoms with Crippen molar-refractivity contribution in [2.45, 2.75) is 31.9 Å². The van der Waals surface area contributed by atoms with Crippen molar-refractivity contribution in [3.8, 4) is 0 Å². The van der Waals surface area contributed by atoms with Gasteiger partial charge >= 0.3 is 0 Å². The molecule has 1 aromatic heterocycles. The number of halogens is 1. The van der Waals surface area contributed by atoms with Crippen LogP contribution in [0.25, 0.3) is 0 Å². The van der Waals surface area contributed by atoms with E-state index < -0.39 is 5.60 Å². The maximum absolute atomic E-state index is 10.7. The average Bonchev–Trinajstić information content (AvgIpc) is 2.78. The van der Waals surface area contributed by atoms with Crippen LogP contribution < -0.4 is 0 Å². The highest BCUT2D eigenvalue weighted by Gasteiger charge is 2.27. The summed E-state index contributed by atoms with van der Waals surface area (Å²) >= 11 is 11.2. The molecule has 0 saturated carbocycles. The van der Waals surface area contributed by atoms with Gasteiger partial charge in [-0.25, -0.2) is 4.98 Å². The van der Waals surface area contributed by atoms with E-state index in [1.54, 1.807) is 4.68 Å². The molecule has 6 heteroatoms. The Bertz CT molecular complexity index is 610. The molecule has 2 rings (SSSR count). The molecule has 4 nitrogen and oxygen atoms in total. The van der Waals surface area contributed by atoms with E-state index in [1.165, 1.54) is 6.33 Å². The smallest absolute Gasteiger partial charge is 0.215 e. The van der Waals surface area contributed by atoms with Crippen LogP contribution in [-0.2, 0) is 13.0 Å². The Balaban J connectivity index is 2.21. The van der Waals surface area contributed by atoms with Crippen molar-refractivity contribution in [3.05, 3.63) is 45.9 Å². The molecule has 0 saturated heterocycles. The first kappa shape index (κ1) is 14.2. The minimum Gasteiger partial charge on any atom is -0.388 e. The zero-order valence-corrected chi connectivity index (χ0v) is 12.2. The molecule has 0 bridgehead atoms. The van der Waals surface area contributed by atoms with E-state index >= 15 is 0 Å². The maximum Gasteiger partial charge on any atom is 0.215 e. The van der Waals surface area contributed by atoms with Gasteiger partial charge in [0.05, 0.1) is 12.1 Å². The molecule has 0 aliphatic heterocycles. The first-order chi connectivity index (χ1) is 9.04. The molecule has 1 heterocycles. The van der Waals surface area contributed by atoms with E-state index in [9.17, 15) is 5.11 Å². The normalized spacial score (nSPS) is 14.3. The lowest BCUT2D eigenvalue weighted by Crippen LogP contribution is -2.36. The van der Waals surface area contributed by atoms with Gasteiger partial charge in [-0.15, -0.1) is 0 Å². The minimum absolute atomic E-state index is 0.369. The van der Waals surface area contributed by atoms with Crippen molar-refractivity contribution >= 4 is 23.8 Å². The second kappa shape index (κ2) is 5.86. The van der Waals surface area contributed by atoms with E-state index in [0.29, 0.717) is 29.2 Å². The van der Waals surface area contributed by atoms with Crippen LogP contribution in [0, 0.1) is 4.77 Å². The third kappa shape index (κ3) is 3.43. The summed E-state index contributed by atoms with van der Waals surface area (Å²) in [6.45, 7) is 2.31. The van der Waals surface area contributed by atoms with E-state index in [-0.39, 0.29) is 0 Å². The second-order valence-electron chi connectivity index (χ2n) is 4.60. The lowest BCUT2D eigenvalue weighted by Gasteiger charge is -2.27. The molecule has 0 fully saturated rings. The van der Waals surface area contributed by atoms with Gasteiger partial charge in [0.25, 0.3) is 0 Å². The lowest BCUT2D eigenvalue weighted by molar-refractivity contribution is 0.0154. The Labute approximate surface area is 122 Å². The number of aromatic nitrogens is 3. The molecular formula is C13H16ClN3OS. The second-order valence-corrected chi connectivity index (χ2v) is 5.37. The van der Waals surface area contributed by atoms with Gasteiger partial charge in [0.2, 0.25) is 4.77 Å². The van der Waals surface area contributed by atoms with Crippen LogP contribution in [0.15, 0.2) is 30.6 Å². The molecule has 19 heavy (non-hydrogen) atoms. The minimum atomic E-state index is -0.907. The zero-order valence-electron chi connectivity index (χ0n) is 10.6. The monoisotopic (exact) mass is 297 g/mol. The summed E-state index contributed by atoms with van der Waals surface area (Å²) in [5.41, 5.74) is 0.0231. The Hall–Kier alpha value is -1.17. The van der Waals surface area contributed by atoms with Crippen LogP contribution in [0.5, 0.6) is 0 Å². The van der Waals surface area contributed by atoms with E-state index in [2.05, 4.69) is 10.1 Å². The number of hydrogen-bond acceptors (Lipinski definition) is 3. The highest BCUT2D eigenvalue weighted by molar-refractivity contribution is 7.71. The van der Waals surface area contributed by atoms with Crippen LogP contribution in [0.3, 0.4) is 0 Å². The van der Waals surface area contributed by atoms with Gasteiger partial charge in [-0.3, -0.25) is 9.78 Å². The fourth-order valence-electron chi connectivity index (χ4n) is 1.98. The highest BCUT2D eigenvalue weighted by atomic mass is 35.5. The van der Waals surface area contributed by atoms with Crippen molar-refractivity contribution in [3.63, 3.8) is 0 Å². The van der Waals surface area contributed by atoms with Crippen LogP contribution in [0.2, 0.25) is 5.02 Å². The third-order valence-electron chi connectivity index (χ3n) is 3.21. The summed E-state index contributed by atoms with van der Waals surface area (Å²) in [6.07, 6.45) is 2.59. The molecule has 1 atom stereocenters. The van der Waals surface area contributed by atoms with Crippen molar-refractivity contribution in [2.75, 3.05) is 0 Å². The van der Waals surface area contributed by atoms with E-state index in [0.717, 1.165) is 5.56 Å². The summed E-state index contributed by atoms with van der Waals surface area (Å²) in [7, 11) is 0. The first-order valence-corrected chi connectivity index (χ1v) is 6.89. The Morgan fingerprint density at radius 3 is 2.79 bits per heavy atom. The number of hydrogen-bond donors (Lipinski definition) is 2. The van der Waals surface area contributed by atoms with E-state index in [1.807, 2.05) is 31.2 Å². The van der Waals surface area contributed by atoms with Crippen LogP contribution in [0.1, 0.15) is 18.9 Å². The lowest BCUT2D eigenvalue weighted by atomic mass is 9.92. The van der Waals surface area contributed by atoms with Crippen molar-refractivity contribution in [2.24, 2.45) is 0 Å². The molecule has 1 aromatic carbocycles. The largest absolute Gasteiger partial charge is 0.388 e. The molecule has 0 radical (unpaired) electrons. The standard InChI is InChI=1S/C13H16ClN3OS/c1-2-13(18,8-17-12(19)15-9-16-17)7-10-5-3-4-6-11(10)14/h3-6,9,18H,2,7-8H2,1H3,(H,15,16,19). The summed E-state index contributed by atoms with van der Waals surface area (Å²) < 4.78 is 2.10. The van der Waals surface area contributed by atoms with Gasteiger partial charge in [-0.05, 0) is 30.3 Å². The predicted molar refractivity (Wildman–Crippen MR) is 77.8 cm³/mol. The highest BCUT2D eigenvalue weighted by Crippen LogP contribution is 2.24. The molecule has 2 aromatic rings. The molecule has 0 spiro atoms. The van der Waals surface area contributed by atoms with Gasteiger partial charge in [0, 0.05) is 11.4 Å².